The summed E-state index contributed by atoms with van der Waals surface area (Å²) in [6.45, 7) is 3.66. The maximum atomic E-state index is 13.2. The van der Waals surface area contributed by atoms with Crippen LogP contribution in [-0.2, 0) is 6.42 Å². The third-order valence-electron chi connectivity index (χ3n) is 2.36. The zero-order valence-electron chi connectivity index (χ0n) is 10.8. The molecule has 0 saturated carbocycles. The van der Waals surface area contributed by atoms with Crippen molar-refractivity contribution in [2.24, 2.45) is 0 Å². The number of nitrogens with zero attached hydrogens (tertiary/aromatic N) is 3. The Morgan fingerprint density at radius 3 is 2.74 bits per heavy atom. The Balaban J connectivity index is 0.000000861. The second-order valence-corrected chi connectivity index (χ2v) is 4.66. The van der Waals surface area contributed by atoms with E-state index in [0.29, 0.717) is 43.1 Å². The summed E-state index contributed by atoms with van der Waals surface area (Å²) < 4.78 is 17.5. The SMILES string of the molecule is CC.OCC(O)Cc1ccc2c([NH][Tl])nc(F)nn12. The number of nitrogens with one attached hydrogen (secondary N) is 1. The molecule has 0 aliphatic carbocycles. The van der Waals surface area contributed by atoms with Crippen molar-refractivity contribution in [2.45, 2.75) is 26.4 Å². The van der Waals surface area contributed by atoms with E-state index in [0.717, 1.165) is 0 Å². The van der Waals surface area contributed by atoms with Crippen molar-refractivity contribution in [3.8, 4) is 0 Å². The number of halogens is 1. The second-order valence-electron chi connectivity index (χ2n) is 3.54. The topological polar surface area (TPSA) is 82.7 Å². The molecule has 0 amide bonds. The van der Waals surface area contributed by atoms with E-state index < -0.39 is 12.2 Å². The standard InChI is InChI=1S/C9H10FN4O2.C2H6.Tl/c10-9-12-8(11)7-2-1-5(14(7)13-9)3-6(16)4-15;1-2;/h1-2,6,15-16H,3-4H2,(H-,11,12,13);1-2H3;/q-1;;+1. The molecule has 0 fully saturated rings. The minimum atomic E-state index is -0.875. The summed E-state index contributed by atoms with van der Waals surface area (Å²) in [5.74, 6) is 0.451. The molecule has 3 N–H and O–H groups in total. The van der Waals surface area contributed by atoms with E-state index in [1.165, 1.54) is 4.52 Å². The Kier molecular flexibility index (Phi) is 6.59. The van der Waals surface area contributed by atoms with Crippen molar-refractivity contribution in [1.82, 2.24) is 14.6 Å². The van der Waals surface area contributed by atoms with E-state index in [1.807, 2.05) is 13.8 Å². The molecule has 2 aromatic heterocycles. The first-order chi connectivity index (χ1) is 9.15. The molecule has 0 aliphatic heterocycles. The van der Waals surface area contributed by atoms with E-state index in [1.54, 1.807) is 12.1 Å². The Hall–Kier alpha value is -0.808. The van der Waals surface area contributed by atoms with Crippen LogP contribution in [0, 0.1) is 6.08 Å². The number of fused-ring (bicyclic) bond motifs is 1. The normalized spacial score (nSPS) is 11.8. The fourth-order valence-corrected chi connectivity index (χ4v) is 2.42. The van der Waals surface area contributed by atoms with Crippen LogP contribution in [0.1, 0.15) is 19.5 Å². The third-order valence-corrected chi connectivity index (χ3v) is 3.42. The van der Waals surface area contributed by atoms with Crippen LogP contribution in [0.25, 0.3) is 5.52 Å². The molecular formula is C11H16FN4O2Tl. The number of aliphatic hydroxyl groups is 2. The molecule has 0 bridgehead atoms. The predicted molar refractivity (Wildman–Crippen MR) is 70.5 cm³/mol. The van der Waals surface area contributed by atoms with Gasteiger partial charge in [-0.05, 0) is 0 Å². The van der Waals surface area contributed by atoms with Crippen molar-refractivity contribution in [3.05, 3.63) is 23.9 Å². The van der Waals surface area contributed by atoms with Gasteiger partial charge in [-0.3, -0.25) is 0 Å². The molecule has 1 unspecified atom stereocenters. The first-order valence-electron chi connectivity index (χ1n) is 5.95. The molecule has 0 aromatic carbocycles. The van der Waals surface area contributed by atoms with Gasteiger partial charge in [-0.2, -0.15) is 0 Å². The van der Waals surface area contributed by atoms with Crippen LogP contribution in [0.2, 0.25) is 0 Å². The minimum absolute atomic E-state index is 0.212. The summed E-state index contributed by atoms with van der Waals surface area (Å²) in [5.41, 5.74) is 1.29. The van der Waals surface area contributed by atoms with Crippen LogP contribution in [0.5, 0.6) is 0 Å². The Labute approximate surface area is 126 Å². The van der Waals surface area contributed by atoms with Gasteiger partial charge in [0, 0.05) is 0 Å². The van der Waals surface area contributed by atoms with Gasteiger partial charge in [-0.1, -0.05) is 13.8 Å². The predicted octanol–water partition coefficient (Wildman–Crippen LogP) is 0.286. The van der Waals surface area contributed by atoms with Crippen LogP contribution in [0.15, 0.2) is 12.1 Å². The van der Waals surface area contributed by atoms with Crippen LogP contribution in [0.3, 0.4) is 0 Å². The fraction of sp³-hybridized carbons (Fsp3) is 0.455. The Morgan fingerprint density at radius 1 is 1.47 bits per heavy atom. The molecule has 0 spiro atoms. The maximum absolute atomic E-state index is 13.2. The van der Waals surface area contributed by atoms with Crippen LogP contribution in [-0.4, -0.2) is 63.6 Å². The molecular weight excluding hydrogens is 444 g/mol. The van der Waals surface area contributed by atoms with Crippen LogP contribution < -0.4 is 3.13 Å². The molecule has 2 aromatic rings. The number of anilines is 1. The molecule has 6 nitrogen and oxygen atoms in total. The molecule has 2 heterocycles. The molecule has 102 valence electrons. The van der Waals surface area contributed by atoms with E-state index in [2.05, 4.69) is 13.2 Å². The van der Waals surface area contributed by atoms with Crippen LogP contribution >= 0.6 is 0 Å². The van der Waals surface area contributed by atoms with E-state index in [-0.39, 0.29) is 13.0 Å². The summed E-state index contributed by atoms with van der Waals surface area (Å²) in [6, 6.07) is 3.48. The van der Waals surface area contributed by atoms with Gasteiger partial charge in [0.15, 0.2) is 0 Å². The molecule has 2 rings (SSSR count). The van der Waals surface area contributed by atoms with E-state index in [9.17, 15) is 9.50 Å². The van der Waals surface area contributed by atoms with Gasteiger partial charge in [0.25, 0.3) is 0 Å². The van der Waals surface area contributed by atoms with Crippen molar-refractivity contribution in [2.75, 3.05) is 9.73 Å². The van der Waals surface area contributed by atoms with Gasteiger partial charge in [0.2, 0.25) is 0 Å². The van der Waals surface area contributed by atoms with Gasteiger partial charge in [-0.25, -0.2) is 0 Å². The molecule has 0 saturated heterocycles. The first kappa shape index (κ1) is 16.2. The summed E-state index contributed by atoms with van der Waals surface area (Å²) in [7, 11) is 0. The number of rotatable bonds is 4. The fourth-order valence-electron chi connectivity index (χ4n) is 1.59. The van der Waals surface area contributed by atoms with Crippen molar-refractivity contribution in [3.63, 3.8) is 0 Å². The summed E-state index contributed by atoms with van der Waals surface area (Å²) in [4.78, 5) is 3.65. The average Bonchev–Trinajstić information content (AvgIpc) is 2.83. The zero-order valence-corrected chi connectivity index (χ0v) is 15.3. The third kappa shape index (κ3) is 3.83. The molecule has 8 heteroatoms. The zero-order chi connectivity index (χ0) is 14.4. The van der Waals surface area contributed by atoms with Gasteiger partial charge < -0.3 is 0 Å². The van der Waals surface area contributed by atoms with Gasteiger partial charge in [-0.15, -0.1) is 0 Å². The average molecular weight is 460 g/mol. The quantitative estimate of drug-likeness (QED) is 0.573. The van der Waals surface area contributed by atoms with Crippen molar-refractivity contribution >= 4 is 37.4 Å². The Bertz CT molecular complexity index is 535. The van der Waals surface area contributed by atoms with E-state index >= 15 is 0 Å². The summed E-state index contributed by atoms with van der Waals surface area (Å²) in [6.07, 6.45) is -1.48. The number of aliphatic hydroxyl groups excluding tert-OH is 2. The van der Waals surface area contributed by atoms with Crippen LogP contribution in [0.4, 0.5) is 10.2 Å². The summed E-state index contributed by atoms with van der Waals surface area (Å²) >= 11 is 0.444. The van der Waals surface area contributed by atoms with Gasteiger partial charge in [0.05, 0.1) is 0 Å². The Morgan fingerprint density at radius 2 is 2.16 bits per heavy atom. The number of aromatic nitrogens is 3. The number of hydrogen-bond acceptors (Lipinski definition) is 5. The molecule has 0 radical (unpaired) electrons. The second kappa shape index (κ2) is 7.70. The summed E-state index contributed by atoms with van der Waals surface area (Å²) in [5, 5.41) is 21.8. The number of hydrogen-bond donors (Lipinski definition) is 3. The van der Waals surface area contributed by atoms with Gasteiger partial charge in [0.1, 0.15) is 0 Å². The molecule has 1 atom stereocenters. The van der Waals surface area contributed by atoms with Gasteiger partial charge >= 0.3 is 113 Å². The van der Waals surface area contributed by atoms with Crippen molar-refractivity contribution in [1.29, 1.82) is 0 Å². The van der Waals surface area contributed by atoms with E-state index in [4.69, 9.17) is 5.11 Å². The monoisotopic (exact) mass is 460 g/mol. The molecule has 19 heavy (non-hydrogen) atoms. The first-order valence-corrected chi connectivity index (χ1v) is 8.20. The van der Waals surface area contributed by atoms with Crippen molar-refractivity contribution < 1.29 is 14.6 Å². The molecule has 0 aliphatic rings.